The number of carbonyl (C=O) groups is 1. The third-order valence-electron chi connectivity index (χ3n) is 2.62. The largest absolute Gasteiger partial charge is 0.394 e. The van der Waals surface area contributed by atoms with Crippen molar-refractivity contribution in [3.05, 3.63) is 12.3 Å². The molecule has 0 aromatic carbocycles. The zero-order valence-corrected chi connectivity index (χ0v) is 8.17. The molecule has 6 heteroatoms. The lowest BCUT2D eigenvalue weighted by Gasteiger charge is -2.29. The molecule has 2 aliphatic rings. The van der Waals surface area contributed by atoms with Crippen LogP contribution in [0.3, 0.4) is 0 Å². The molecule has 0 bridgehead atoms. The van der Waals surface area contributed by atoms with Gasteiger partial charge in [0.05, 0.1) is 12.7 Å². The second kappa shape index (κ2) is 4.18. The molecule has 3 N–H and O–H groups in total. The number of carbonyl (C=O) groups excluding carboxylic acids is 1. The van der Waals surface area contributed by atoms with E-state index in [-0.39, 0.29) is 12.6 Å². The number of hydrogen-bond donors (Lipinski definition) is 3. The maximum absolute atomic E-state index is 11.4. The first-order chi connectivity index (χ1) is 7.22. The van der Waals surface area contributed by atoms with Crippen LogP contribution in [-0.2, 0) is 4.74 Å². The minimum atomic E-state index is -0.710. The van der Waals surface area contributed by atoms with Gasteiger partial charge in [-0.05, 0) is 6.08 Å². The molecule has 2 rings (SSSR count). The summed E-state index contributed by atoms with van der Waals surface area (Å²) < 4.78 is 5.36. The van der Waals surface area contributed by atoms with Crippen LogP contribution in [0.25, 0.3) is 0 Å². The molecule has 0 aromatic rings. The Kier molecular flexibility index (Phi) is 2.90. The number of amides is 2. The smallest absolute Gasteiger partial charge is 0.323 e. The second-order valence-corrected chi connectivity index (χ2v) is 3.62. The van der Waals surface area contributed by atoms with E-state index >= 15 is 0 Å². The maximum atomic E-state index is 11.4. The van der Waals surface area contributed by atoms with Crippen LogP contribution in [0.2, 0.25) is 0 Å². The van der Waals surface area contributed by atoms with Crippen LogP contribution in [0.1, 0.15) is 6.42 Å². The topological polar surface area (TPSA) is 82.0 Å². The third kappa shape index (κ3) is 1.97. The molecular weight excluding hydrogens is 200 g/mol. The van der Waals surface area contributed by atoms with Crippen molar-refractivity contribution in [1.82, 2.24) is 10.2 Å². The summed E-state index contributed by atoms with van der Waals surface area (Å²) in [6, 6.07) is -0.242. The molecule has 0 radical (unpaired) electrons. The van der Waals surface area contributed by atoms with Crippen molar-refractivity contribution >= 4 is 6.03 Å². The van der Waals surface area contributed by atoms with Gasteiger partial charge in [0.1, 0.15) is 12.3 Å². The molecule has 2 heterocycles. The van der Waals surface area contributed by atoms with Crippen molar-refractivity contribution in [3.63, 3.8) is 0 Å². The Balaban J connectivity index is 2.00. The van der Waals surface area contributed by atoms with Crippen LogP contribution in [0.15, 0.2) is 12.3 Å². The van der Waals surface area contributed by atoms with Crippen molar-refractivity contribution in [1.29, 1.82) is 0 Å². The summed E-state index contributed by atoms with van der Waals surface area (Å²) in [5.74, 6) is 0. The van der Waals surface area contributed by atoms with E-state index in [4.69, 9.17) is 9.84 Å². The van der Waals surface area contributed by atoms with E-state index in [9.17, 15) is 9.90 Å². The highest BCUT2D eigenvalue weighted by molar-refractivity contribution is 5.76. The number of ether oxygens (including phenoxy) is 1. The van der Waals surface area contributed by atoms with Gasteiger partial charge in [0.15, 0.2) is 0 Å². The summed E-state index contributed by atoms with van der Waals surface area (Å²) in [7, 11) is 0. The van der Waals surface area contributed by atoms with E-state index in [1.807, 2.05) is 0 Å². The number of rotatable bonds is 2. The van der Waals surface area contributed by atoms with Crippen LogP contribution >= 0.6 is 0 Å². The SMILES string of the molecule is O=C1NC=CCN1[C@H]1C[C@H](O)[C@@H](CO)O1. The van der Waals surface area contributed by atoms with Gasteiger partial charge in [-0.2, -0.15) is 0 Å². The van der Waals surface area contributed by atoms with Gasteiger partial charge in [0, 0.05) is 19.2 Å². The van der Waals surface area contributed by atoms with Crippen LogP contribution < -0.4 is 5.32 Å². The molecule has 0 saturated carbocycles. The van der Waals surface area contributed by atoms with Crippen molar-refractivity contribution in [2.45, 2.75) is 24.9 Å². The average molecular weight is 214 g/mol. The third-order valence-corrected chi connectivity index (χ3v) is 2.62. The van der Waals surface area contributed by atoms with E-state index in [0.717, 1.165) is 0 Å². The molecule has 0 aromatic heterocycles. The summed E-state index contributed by atoms with van der Waals surface area (Å²) >= 11 is 0. The standard InChI is InChI=1S/C9H14N2O4/c12-5-7-6(13)4-8(15-7)11-3-1-2-10-9(11)14/h1-2,6-8,12-13H,3-5H2,(H,10,14)/t6-,7+,8+/m0/s1. The molecule has 1 saturated heterocycles. The summed E-state index contributed by atoms with van der Waals surface area (Å²) in [5.41, 5.74) is 0. The maximum Gasteiger partial charge on any atom is 0.323 e. The predicted molar refractivity (Wildman–Crippen MR) is 50.7 cm³/mol. The average Bonchev–Trinajstić information content (AvgIpc) is 2.60. The van der Waals surface area contributed by atoms with Crippen molar-refractivity contribution in [3.8, 4) is 0 Å². The van der Waals surface area contributed by atoms with E-state index < -0.39 is 18.4 Å². The quantitative estimate of drug-likeness (QED) is 0.550. The van der Waals surface area contributed by atoms with Gasteiger partial charge in [-0.3, -0.25) is 4.90 Å². The van der Waals surface area contributed by atoms with Crippen molar-refractivity contribution in [2.75, 3.05) is 13.2 Å². The fraction of sp³-hybridized carbons (Fsp3) is 0.667. The number of nitrogens with zero attached hydrogens (tertiary/aromatic N) is 1. The first-order valence-electron chi connectivity index (χ1n) is 4.89. The fourth-order valence-electron chi connectivity index (χ4n) is 1.78. The molecule has 6 nitrogen and oxygen atoms in total. The molecule has 0 spiro atoms. The molecular formula is C9H14N2O4. The minimum Gasteiger partial charge on any atom is -0.394 e. The summed E-state index contributed by atoms with van der Waals surface area (Å²) in [5, 5.41) is 21.0. The van der Waals surface area contributed by atoms with Gasteiger partial charge >= 0.3 is 6.03 Å². The van der Waals surface area contributed by atoms with Gasteiger partial charge in [-0.15, -0.1) is 0 Å². The van der Waals surface area contributed by atoms with Gasteiger partial charge in [0.2, 0.25) is 0 Å². The van der Waals surface area contributed by atoms with E-state index in [0.29, 0.717) is 13.0 Å². The lowest BCUT2D eigenvalue weighted by molar-refractivity contribution is -0.0619. The highest BCUT2D eigenvalue weighted by Gasteiger charge is 2.38. The summed E-state index contributed by atoms with van der Waals surface area (Å²) in [4.78, 5) is 12.9. The Hall–Kier alpha value is -1.11. The Bertz CT molecular complexity index is 281. The zero-order chi connectivity index (χ0) is 10.8. The van der Waals surface area contributed by atoms with Crippen LogP contribution in [0.4, 0.5) is 4.79 Å². The molecule has 1 fully saturated rings. The van der Waals surface area contributed by atoms with Crippen LogP contribution in [0, 0.1) is 0 Å². The minimum absolute atomic E-state index is 0.233. The van der Waals surface area contributed by atoms with Crippen LogP contribution in [-0.4, -0.2) is 52.7 Å². The lowest BCUT2D eigenvalue weighted by atomic mass is 10.2. The van der Waals surface area contributed by atoms with Gasteiger partial charge in [-0.25, -0.2) is 4.79 Å². The fourth-order valence-corrected chi connectivity index (χ4v) is 1.78. The Morgan fingerprint density at radius 1 is 1.67 bits per heavy atom. The highest BCUT2D eigenvalue weighted by atomic mass is 16.5. The zero-order valence-electron chi connectivity index (χ0n) is 8.17. The molecule has 0 unspecified atom stereocenters. The lowest BCUT2D eigenvalue weighted by Crippen LogP contribution is -2.47. The van der Waals surface area contributed by atoms with E-state index in [2.05, 4.69) is 5.32 Å². The number of aliphatic hydroxyl groups excluding tert-OH is 2. The summed E-state index contributed by atoms with van der Waals surface area (Å²) in [6.07, 6.45) is 1.96. The molecule has 84 valence electrons. The van der Waals surface area contributed by atoms with Gasteiger partial charge in [0.25, 0.3) is 0 Å². The first-order valence-corrected chi connectivity index (χ1v) is 4.89. The van der Waals surface area contributed by atoms with Crippen LogP contribution in [0.5, 0.6) is 0 Å². The Morgan fingerprint density at radius 2 is 2.47 bits per heavy atom. The van der Waals surface area contributed by atoms with Gasteiger partial charge < -0.3 is 20.3 Å². The van der Waals surface area contributed by atoms with E-state index in [1.54, 1.807) is 12.3 Å². The van der Waals surface area contributed by atoms with E-state index in [1.165, 1.54) is 4.90 Å². The molecule has 2 aliphatic heterocycles. The predicted octanol–water partition coefficient (Wildman–Crippen LogP) is -1.01. The Morgan fingerprint density at radius 3 is 3.07 bits per heavy atom. The second-order valence-electron chi connectivity index (χ2n) is 3.62. The molecule has 15 heavy (non-hydrogen) atoms. The highest BCUT2D eigenvalue weighted by Crippen LogP contribution is 2.23. The number of urea groups is 1. The van der Waals surface area contributed by atoms with Gasteiger partial charge in [-0.1, -0.05) is 0 Å². The van der Waals surface area contributed by atoms with Crippen molar-refractivity contribution in [2.24, 2.45) is 0 Å². The monoisotopic (exact) mass is 214 g/mol. The van der Waals surface area contributed by atoms with Crippen molar-refractivity contribution < 1.29 is 19.7 Å². The molecule has 2 amide bonds. The normalized spacial score (nSPS) is 35.7. The number of hydrogen-bond acceptors (Lipinski definition) is 4. The molecule has 0 aliphatic carbocycles. The number of nitrogens with one attached hydrogen (secondary N) is 1. The number of aliphatic hydroxyl groups is 2. The first kappa shape index (κ1) is 10.4. The molecule has 3 atom stereocenters. The Labute approximate surface area is 87.1 Å². The summed E-state index contributed by atoms with van der Waals surface area (Å²) in [6.45, 7) is 0.227.